The van der Waals surface area contributed by atoms with E-state index in [0.29, 0.717) is 29.2 Å². The number of hydrogen-bond acceptors (Lipinski definition) is 3. The molecule has 0 atom stereocenters. The first-order valence-electron chi connectivity index (χ1n) is 4.82. The van der Waals surface area contributed by atoms with Crippen LogP contribution < -0.4 is 4.74 Å². The molecule has 0 aromatic heterocycles. The number of halogens is 1. The zero-order valence-electron chi connectivity index (χ0n) is 8.86. The monoisotopic (exact) mass is 244 g/mol. The summed E-state index contributed by atoms with van der Waals surface area (Å²) in [5.74, 6) is -0.523. The highest BCUT2D eigenvalue weighted by Crippen LogP contribution is 2.35. The SMILES string of the molecule is COc1c(O)ccc(Cl)c1CCCC(=O)O. The molecule has 1 aromatic rings. The zero-order chi connectivity index (χ0) is 12.1. The number of ether oxygens (including phenoxy) is 1. The van der Waals surface area contributed by atoms with E-state index in [9.17, 15) is 9.90 Å². The van der Waals surface area contributed by atoms with Gasteiger partial charge in [-0.1, -0.05) is 11.6 Å². The first-order chi connectivity index (χ1) is 7.56. The van der Waals surface area contributed by atoms with E-state index in [1.54, 1.807) is 6.07 Å². The average molecular weight is 245 g/mol. The van der Waals surface area contributed by atoms with Crippen LogP contribution in [0.2, 0.25) is 5.02 Å². The van der Waals surface area contributed by atoms with E-state index in [1.165, 1.54) is 13.2 Å². The molecule has 0 radical (unpaired) electrons. The molecule has 5 heteroatoms. The van der Waals surface area contributed by atoms with E-state index in [2.05, 4.69) is 0 Å². The summed E-state index contributed by atoms with van der Waals surface area (Å²) >= 11 is 5.96. The van der Waals surface area contributed by atoms with E-state index < -0.39 is 5.97 Å². The minimum absolute atomic E-state index is 0.0113. The van der Waals surface area contributed by atoms with Gasteiger partial charge in [0.15, 0.2) is 11.5 Å². The smallest absolute Gasteiger partial charge is 0.303 e. The number of aromatic hydroxyl groups is 1. The van der Waals surface area contributed by atoms with Crippen molar-refractivity contribution in [3.63, 3.8) is 0 Å². The third kappa shape index (κ3) is 3.03. The van der Waals surface area contributed by atoms with E-state index in [0.717, 1.165) is 0 Å². The van der Waals surface area contributed by atoms with Crippen LogP contribution in [0.5, 0.6) is 11.5 Å². The van der Waals surface area contributed by atoms with Crippen molar-refractivity contribution in [2.45, 2.75) is 19.3 Å². The van der Waals surface area contributed by atoms with E-state index in [1.807, 2.05) is 0 Å². The Morgan fingerprint density at radius 3 is 2.75 bits per heavy atom. The van der Waals surface area contributed by atoms with Crippen LogP contribution in [0.15, 0.2) is 12.1 Å². The van der Waals surface area contributed by atoms with E-state index >= 15 is 0 Å². The molecule has 0 unspecified atom stereocenters. The normalized spacial score (nSPS) is 10.1. The fourth-order valence-electron chi connectivity index (χ4n) is 1.47. The topological polar surface area (TPSA) is 66.8 Å². The third-order valence-electron chi connectivity index (χ3n) is 2.20. The largest absolute Gasteiger partial charge is 0.504 e. The molecule has 0 spiro atoms. The minimum Gasteiger partial charge on any atom is -0.504 e. The van der Waals surface area contributed by atoms with Gasteiger partial charge in [-0.15, -0.1) is 0 Å². The second kappa shape index (κ2) is 5.61. The quantitative estimate of drug-likeness (QED) is 0.835. The summed E-state index contributed by atoms with van der Waals surface area (Å²) in [5.41, 5.74) is 0.644. The van der Waals surface area contributed by atoms with Gasteiger partial charge in [-0.25, -0.2) is 0 Å². The summed E-state index contributed by atoms with van der Waals surface area (Å²) in [4.78, 5) is 10.4. The van der Waals surface area contributed by atoms with Gasteiger partial charge in [-0.05, 0) is 25.0 Å². The lowest BCUT2D eigenvalue weighted by Crippen LogP contribution is -1.98. The summed E-state index contributed by atoms with van der Waals surface area (Å²) < 4.78 is 5.03. The lowest BCUT2D eigenvalue weighted by molar-refractivity contribution is -0.137. The molecule has 0 saturated heterocycles. The Balaban J connectivity index is 2.84. The standard InChI is InChI=1S/C11H13ClO4/c1-16-11-7(3-2-4-10(14)15)8(12)5-6-9(11)13/h5-6,13H,2-4H2,1H3,(H,14,15). The van der Waals surface area contributed by atoms with Crippen LogP contribution in [-0.2, 0) is 11.2 Å². The predicted octanol–water partition coefficient (Wildman–Crippen LogP) is 2.46. The van der Waals surface area contributed by atoms with Crippen LogP contribution in [0.3, 0.4) is 0 Å². The number of carbonyl (C=O) groups is 1. The van der Waals surface area contributed by atoms with Gasteiger partial charge in [-0.3, -0.25) is 4.79 Å². The Morgan fingerprint density at radius 2 is 2.19 bits per heavy atom. The molecule has 1 rings (SSSR count). The van der Waals surface area contributed by atoms with Gasteiger partial charge in [-0.2, -0.15) is 0 Å². The summed E-state index contributed by atoms with van der Waals surface area (Å²) in [5, 5.41) is 18.5. The number of benzene rings is 1. The third-order valence-corrected chi connectivity index (χ3v) is 2.56. The van der Waals surface area contributed by atoms with Gasteiger partial charge in [0.2, 0.25) is 0 Å². The maximum atomic E-state index is 10.4. The molecule has 0 aliphatic heterocycles. The summed E-state index contributed by atoms with van der Waals surface area (Å²) in [6.45, 7) is 0. The van der Waals surface area contributed by atoms with Crippen LogP contribution in [0.25, 0.3) is 0 Å². The van der Waals surface area contributed by atoms with Crippen molar-refractivity contribution >= 4 is 17.6 Å². The van der Waals surface area contributed by atoms with Crippen molar-refractivity contribution < 1.29 is 19.7 Å². The maximum Gasteiger partial charge on any atom is 0.303 e. The second-order valence-corrected chi connectivity index (χ2v) is 3.73. The molecule has 2 N–H and O–H groups in total. The first kappa shape index (κ1) is 12.6. The first-order valence-corrected chi connectivity index (χ1v) is 5.20. The van der Waals surface area contributed by atoms with E-state index in [-0.39, 0.29) is 12.2 Å². The number of phenolic OH excluding ortho intramolecular Hbond substituents is 1. The van der Waals surface area contributed by atoms with Gasteiger partial charge >= 0.3 is 5.97 Å². The van der Waals surface area contributed by atoms with Crippen molar-refractivity contribution in [2.75, 3.05) is 7.11 Å². The van der Waals surface area contributed by atoms with Gasteiger partial charge in [0.1, 0.15) is 0 Å². The number of hydrogen-bond donors (Lipinski definition) is 2. The fraction of sp³-hybridized carbons (Fsp3) is 0.364. The van der Waals surface area contributed by atoms with Crippen LogP contribution in [0, 0.1) is 0 Å². The van der Waals surface area contributed by atoms with Crippen LogP contribution in [-0.4, -0.2) is 23.3 Å². The number of carboxylic acid groups (broad SMARTS) is 1. The van der Waals surface area contributed by atoms with Crippen LogP contribution >= 0.6 is 11.6 Å². The molecule has 0 saturated carbocycles. The lowest BCUT2D eigenvalue weighted by atomic mass is 10.1. The van der Waals surface area contributed by atoms with Gasteiger partial charge in [0, 0.05) is 17.0 Å². The molecule has 0 aliphatic carbocycles. The highest BCUT2D eigenvalue weighted by molar-refractivity contribution is 6.31. The number of aliphatic carboxylic acids is 1. The van der Waals surface area contributed by atoms with Gasteiger partial charge in [0.25, 0.3) is 0 Å². The molecule has 0 fully saturated rings. The van der Waals surface area contributed by atoms with Crippen molar-refractivity contribution in [3.8, 4) is 11.5 Å². The molecule has 88 valence electrons. The number of rotatable bonds is 5. The van der Waals surface area contributed by atoms with Crippen molar-refractivity contribution in [1.82, 2.24) is 0 Å². The lowest BCUT2D eigenvalue weighted by Gasteiger charge is -2.11. The molecule has 16 heavy (non-hydrogen) atoms. The Hall–Kier alpha value is -1.42. The molecule has 0 heterocycles. The molecule has 0 bridgehead atoms. The molecule has 0 amide bonds. The maximum absolute atomic E-state index is 10.4. The Labute approximate surface area is 98.4 Å². The minimum atomic E-state index is -0.852. The molecular formula is C11H13ClO4. The van der Waals surface area contributed by atoms with Gasteiger partial charge < -0.3 is 14.9 Å². The van der Waals surface area contributed by atoms with E-state index in [4.69, 9.17) is 21.4 Å². The second-order valence-electron chi connectivity index (χ2n) is 3.33. The summed E-state index contributed by atoms with van der Waals surface area (Å²) in [6, 6.07) is 3.01. The van der Waals surface area contributed by atoms with Crippen molar-refractivity contribution in [1.29, 1.82) is 0 Å². The van der Waals surface area contributed by atoms with Crippen LogP contribution in [0.1, 0.15) is 18.4 Å². The number of carboxylic acids is 1. The van der Waals surface area contributed by atoms with Crippen molar-refractivity contribution in [2.24, 2.45) is 0 Å². The summed E-state index contributed by atoms with van der Waals surface area (Å²) in [6.07, 6.45) is 0.979. The molecule has 1 aromatic carbocycles. The fourth-order valence-corrected chi connectivity index (χ4v) is 1.71. The Bertz CT molecular complexity index is 390. The molecular weight excluding hydrogens is 232 g/mol. The number of phenols is 1. The average Bonchev–Trinajstić information content (AvgIpc) is 2.23. The Kier molecular flexibility index (Phi) is 4.43. The zero-order valence-corrected chi connectivity index (χ0v) is 9.62. The Morgan fingerprint density at radius 1 is 1.50 bits per heavy atom. The number of methoxy groups -OCH3 is 1. The molecule has 4 nitrogen and oxygen atoms in total. The highest BCUT2D eigenvalue weighted by Gasteiger charge is 2.12. The summed E-state index contributed by atoms with van der Waals surface area (Å²) in [7, 11) is 1.44. The highest BCUT2D eigenvalue weighted by atomic mass is 35.5. The van der Waals surface area contributed by atoms with Crippen LogP contribution in [0.4, 0.5) is 0 Å². The van der Waals surface area contributed by atoms with Gasteiger partial charge in [0.05, 0.1) is 7.11 Å². The molecule has 0 aliphatic rings. The predicted molar refractivity (Wildman–Crippen MR) is 60.2 cm³/mol. The van der Waals surface area contributed by atoms with Crippen molar-refractivity contribution in [3.05, 3.63) is 22.7 Å².